The molecule has 0 radical (unpaired) electrons. The molecule has 8 aromatic carbocycles. The Labute approximate surface area is 492 Å². The highest BCUT2D eigenvalue weighted by Gasteiger charge is 2.46. The first-order chi connectivity index (χ1) is 40.3. The number of H-pyrrole nitrogens is 1. The van der Waals surface area contributed by atoms with E-state index < -0.39 is 11.1 Å². The fourth-order valence-corrected chi connectivity index (χ4v) is 12.8. The van der Waals surface area contributed by atoms with Crippen LogP contribution in [0.25, 0.3) is 0 Å². The van der Waals surface area contributed by atoms with Crippen LogP contribution in [-0.4, -0.2) is 39.4 Å². The molecule has 2 unspecified atom stereocenters. The summed E-state index contributed by atoms with van der Waals surface area (Å²) >= 11 is 12.0. The van der Waals surface area contributed by atoms with E-state index in [4.69, 9.17) is 28.2 Å². The molecule has 12 rings (SSSR count). The summed E-state index contributed by atoms with van der Waals surface area (Å²) in [4.78, 5) is 34.0. The summed E-state index contributed by atoms with van der Waals surface area (Å²) < 4.78 is 4.86. The first-order valence-corrected chi connectivity index (χ1v) is 29.6. The summed E-state index contributed by atoms with van der Waals surface area (Å²) in [5.41, 5.74) is 13.4. The first-order valence-electron chi connectivity index (χ1n) is 28.8. The zero-order valence-electron chi connectivity index (χ0n) is 46.1. The van der Waals surface area contributed by atoms with E-state index in [9.17, 15) is 9.59 Å². The molecule has 3 N–H and O–H groups in total. The quantitative estimate of drug-likeness (QED) is 0.0590. The minimum absolute atomic E-state index is 0.0903. The predicted octanol–water partition coefficient (Wildman–Crippen LogP) is 13.9. The number of nitrogens with one attached hydrogen (secondary N) is 3. The second-order valence-corrected chi connectivity index (χ2v) is 22.6. The van der Waals surface area contributed by atoms with E-state index in [1.54, 1.807) is 0 Å². The van der Waals surface area contributed by atoms with Gasteiger partial charge >= 0.3 is 0 Å². The fraction of sp³-hybridized carbons (Fsp3) is 0.222. The minimum atomic E-state index is -0.549. The molecule has 0 fully saturated rings. The topological polar surface area (TPSA) is 95.7 Å². The summed E-state index contributed by atoms with van der Waals surface area (Å²) in [6.45, 7) is 1.35. The van der Waals surface area contributed by atoms with Gasteiger partial charge in [-0.1, -0.05) is 229 Å². The predicted molar refractivity (Wildman–Crippen MR) is 329 cm³/mol. The number of aryl methyl sites for hydroxylation is 3. The van der Waals surface area contributed by atoms with Crippen molar-refractivity contribution in [2.24, 2.45) is 11.8 Å². The van der Waals surface area contributed by atoms with E-state index in [1.165, 1.54) is 50.5 Å². The number of hydrogen-bond donors (Lipinski definition) is 3. The third kappa shape index (κ3) is 12.2. The van der Waals surface area contributed by atoms with E-state index >= 15 is 0 Å². The van der Waals surface area contributed by atoms with Crippen LogP contribution in [0, 0.1) is 11.8 Å². The number of aromatic amines is 1. The number of halogens is 2. The van der Waals surface area contributed by atoms with Crippen molar-refractivity contribution in [1.82, 2.24) is 25.2 Å². The Kier molecular flexibility index (Phi) is 17.7. The molecule has 2 heterocycles. The third-order valence-corrected chi connectivity index (χ3v) is 17.2. The molecule has 10 aromatic rings. The Balaban J connectivity index is 0.000000172. The number of nitrogens with zero attached hydrogens (tertiary/aromatic N) is 3. The molecule has 0 aliphatic heterocycles. The molecule has 10 heteroatoms. The Morgan fingerprint density at radius 2 is 0.902 bits per heavy atom. The maximum atomic E-state index is 12.8. The largest absolute Gasteiger partial charge is 0.356 e. The van der Waals surface area contributed by atoms with Crippen LogP contribution in [0.5, 0.6) is 0 Å². The lowest BCUT2D eigenvalue weighted by atomic mass is 9.76. The highest BCUT2D eigenvalue weighted by atomic mass is 35.5. The van der Waals surface area contributed by atoms with Gasteiger partial charge in [0.2, 0.25) is 18.1 Å². The highest BCUT2D eigenvalue weighted by Crippen LogP contribution is 2.44. The molecule has 2 aromatic heterocycles. The second-order valence-electron chi connectivity index (χ2n) is 21.8. The second kappa shape index (κ2) is 26.1. The number of rotatable bonds is 18. The molecule has 82 heavy (non-hydrogen) atoms. The third-order valence-electron chi connectivity index (χ3n) is 16.7. The minimum Gasteiger partial charge on any atom is -0.356 e. The van der Waals surface area contributed by atoms with Crippen molar-refractivity contribution in [2.45, 2.75) is 75.3 Å². The lowest BCUT2D eigenvalue weighted by molar-refractivity contribution is -0.740. The molecule has 2 amide bonds. The maximum Gasteiger partial charge on any atom is 0.243 e. The van der Waals surface area contributed by atoms with E-state index in [0.717, 1.165) is 55.3 Å². The molecule has 2 aliphatic carbocycles. The zero-order chi connectivity index (χ0) is 56.1. The molecular formula is C72H69Cl2N6O2+. The summed E-state index contributed by atoms with van der Waals surface area (Å²) in [5, 5.41) is 7.83. The molecule has 0 saturated heterocycles. The van der Waals surface area contributed by atoms with Crippen LogP contribution >= 0.6 is 23.2 Å². The summed E-state index contributed by atoms with van der Waals surface area (Å²) in [7, 11) is 0. The van der Waals surface area contributed by atoms with Crippen LogP contribution in [0.3, 0.4) is 0 Å². The number of hydrogen-bond acceptors (Lipinski definition) is 3. The molecule has 8 nitrogen and oxygen atoms in total. The van der Waals surface area contributed by atoms with Gasteiger partial charge in [0.15, 0.2) is 5.54 Å². The van der Waals surface area contributed by atoms with Gasteiger partial charge in [-0.15, -0.1) is 0 Å². The average Bonchev–Trinajstić information content (AvgIpc) is 2.16. The highest BCUT2D eigenvalue weighted by molar-refractivity contribution is 6.30. The van der Waals surface area contributed by atoms with Gasteiger partial charge in [-0.05, 0) is 102 Å². The van der Waals surface area contributed by atoms with Gasteiger partial charge in [0.1, 0.15) is 16.9 Å². The number of aromatic nitrogens is 4. The average molecular weight is 1120 g/mol. The lowest BCUT2D eigenvalue weighted by Gasteiger charge is -2.39. The van der Waals surface area contributed by atoms with Crippen LogP contribution in [0.15, 0.2) is 243 Å². The normalized spacial score (nSPS) is 14.8. The summed E-state index contributed by atoms with van der Waals surface area (Å²) in [5.74, 6) is 0.918. The van der Waals surface area contributed by atoms with E-state index in [2.05, 4.69) is 213 Å². The number of carbonyl (C=O) groups excluding carboxylic acids is 2. The molecule has 412 valence electrons. The Morgan fingerprint density at radius 3 is 1.33 bits per heavy atom. The first kappa shape index (κ1) is 55.6. The number of carbonyl (C=O) groups is 2. The van der Waals surface area contributed by atoms with Gasteiger partial charge < -0.3 is 15.2 Å². The maximum absolute atomic E-state index is 12.8. The van der Waals surface area contributed by atoms with Gasteiger partial charge in [-0.3, -0.25) is 9.59 Å². The smallest absolute Gasteiger partial charge is 0.243 e. The summed E-state index contributed by atoms with van der Waals surface area (Å²) in [6, 6.07) is 80.0. The fourth-order valence-electron chi connectivity index (χ4n) is 12.5. The van der Waals surface area contributed by atoms with Crippen molar-refractivity contribution < 1.29 is 14.2 Å². The van der Waals surface area contributed by atoms with Gasteiger partial charge in [-0.2, -0.15) is 0 Å². The molecule has 0 saturated carbocycles. The molecule has 2 aliphatic rings. The van der Waals surface area contributed by atoms with Crippen molar-refractivity contribution in [1.29, 1.82) is 0 Å². The van der Waals surface area contributed by atoms with Crippen LogP contribution in [0.2, 0.25) is 10.0 Å². The Morgan fingerprint density at radius 1 is 0.512 bits per heavy atom. The van der Waals surface area contributed by atoms with E-state index in [0.29, 0.717) is 60.7 Å². The number of amides is 2. The van der Waals surface area contributed by atoms with Crippen molar-refractivity contribution in [3.8, 4) is 0 Å². The Bertz CT molecular complexity index is 3460. The molecule has 2 atom stereocenters. The standard InChI is InChI=1S/2C36H34ClN3O/c37-32-20-16-27(17-21-32)19-23-35(41)38-25-28-18-22-34-33(24-28)39-26-40(34)36(29-10-4-1-5-11-29,30-12-6-2-7-13-30)31-14-8-3-9-15-31;37-32-20-16-27(17-21-32)19-23-35(41)38-25-28-18-22-33-34(24-28)40(26-39-33)36(29-10-4-1-5-11-29,30-12-6-2-7-13-30)31-14-8-3-9-15-31/h2*1-17,20-21,26,28H,18-19,22-25H2,(H,38,41)/p+1. The van der Waals surface area contributed by atoms with Crippen molar-refractivity contribution in [2.75, 3.05) is 13.1 Å². The summed E-state index contributed by atoms with van der Waals surface area (Å²) in [6.07, 6.45) is 12.2. The van der Waals surface area contributed by atoms with Gasteiger partial charge in [0, 0.05) is 71.2 Å². The number of imidazole rings is 2. The van der Waals surface area contributed by atoms with Crippen LogP contribution in [0.4, 0.5) is 0 Å². The van der Waals surface area contributed by atoms with Crippen molar-refractivity contribution in [3.63, 3.8) is 0 Å². The van der Waals surface area contributed by atoms with Gasteiger partial charge in [0.05, 0.1) is 12.0 Å². The monoisotopic (exact) mass is 1120 g/mol. The van der Waals surface area contributed by atoms with Gasteiger partial charge in [0.25, 0.3) is 0 Å². The Hall–Kier alpha value is -8.30. The van der Waals surface area contributed by atoms with Gasteiger partial charge in [-0.25, -0.2) is 14.5 Å². The SMILES string of the molecule is O=C(CCc1ccc(Cl)cc1)NCC1CCc2[nH]c[n+](C(c3ccccc3)(c3ccccc3)c3ccccc3)c2C1.O=C(CCc1ccc(Cl)cc1)NCC1CCc2c(ncn2C(c2ccccc2)(c2ccccc2)c2ccccc2)C1. The van der Waals surface area contributed by atoms with Crippen LogP contribution in [0.1, 0.15) is 93.0 Å². The molecule has 0 bridgehead atoms. The lowest BCUT2D eigenvalue weighted by Crippen LogP contribution is -2.60. The van der Waals surface area contributed by atoms with E-state index in [1.807, 2.05) is 54.9 Å². The zero-order valence-corrected chi connectivity index (χ0v) is 47.7. The number of benzene rings is 8. The van der Waals surface area contributed by atoms with E-state index in [-0.39, 0.29) is 11.8 Å². The molecular weight excluding hydrogens is 1050 g/mol. The van der Waals surface area contributed by atoms with Crippen LogP contribution in [-0.2, 0) is 59.2 Å². The van der Waals surface area contributed by atoms with Crippen molar-refractivity contribution in [3.05, 3.63) is 321 Å². The van der Waals surface area contributed by atoms with Crippen molar-refractivity contribution >= 4 is 35.0 Å². The molecule has 0 spiro atoms. The van der Waals surface area contributed by atoms with Crippen LogP contribution < -0.4 is 15.2 Å². The number of fused-ring (bicyclic) bond motifs is 2.